The van der Waals surface area contributed by atoms with Crippen molar-refractivity contribution in [2.24, 2.45) is 11.7 Å². The van der Waals surface area contributed by atoms with E-state index in [1.165, 1.54) is 11.3 Å². The van der Waals surface area contributed by atoms with Gasteiger partial charge in [-0.1, -0.05) is 29.5 Å². The van der Waals surface area contributed by atoms with Gasteiger partial charge >= 0.3 is 0 Å². The van der Waals surface area contributed by atoms with Crippen molar-refractivity contribution >= 4 is 33.4 Å². The Hall–Kier alpha value is -3.26. The number of amides is 2. The van der Waals surface area contributed by atoms with E-state index < -0.39 is 5.91 Å². The third-order valence-electron chi connectivity index (χ3n) is 6.78. The summed E-state index contributed by atoms with van der Waals surface area (Å²) in [6.07, 6.45) is 4.60. The molecule has 1 saturated heterocycles. The van der Waals surface area contributed by atoms with Gasteiger partial charge in [0, 0.05) is 30.3 Å². The number of benzene rings is 2. The fourth-order valence-electron chi connectivity index (χ4n) is 4.49. The van der Waals surface area contributed by atoms with Gasteiger partial charge in [-0.2, -0.15) is 0 Å². The maximum absolute atomic E-state index is 13.7. The Labute approximate surface area is 203 Å². The molecule has 1 aliphatic carbocycles. The van der Waals surface area contributed by atoms with Crippen LogP contribution < -0.4 is 15.5 Å². The van der Waals surface area contributed by atoms with E-state index in [1.807, 2.05) is 42.2 Å². The van der Waals surface area contributed by atoms with E-state index in [9.17, 15) is 9.59 Å². The summed E-state index contributed by atoms with van der Waals surface area (Å²) in [5.74, 6) is 0.00928. The Morgan fingerprint density at radius 1 is 1.09 bits per heavy atom. The molecule has 0 radical (unpaired) electrons. The van der Waals surface area contributed by atoms with Crippen LogP contribution in [0, 0.1) is 12.8 Å². The number of carbonyl (C=O) groups is 2. The molecule has 5 rings (SSSR count). The van der Waals surface area contributed by atoms with E-state index >= 15 is 0 Å². The number of hydrogen-bond donors (Lipinski definition) is 1. The van der Waals surface area contributed by atoms with Crippen LogP contribution >= 0.6 is 11.3 Å². The zero-order chi connectivity index (χ0) is 23.8. The van der Waals surface area contributed by atoms with E-state index in [4.69, 9.17) is 5.73 Å². The van der Waals surface area contributed by atoms with E-state index in [1.54, 1.807) is 12.1 Å². The molecule has 8 heteroatoms. The smallest absolute Gasteiger partial charge is 0.260 e. The highest BCUT2D eigenvalue weighted by molar-refractivity contribution is 7.19. The molecule has 0 spiro atoms. The molecule has 34 heavy (non-hydrogen) atoms. The Kier molecular flexibility index (Phi) is 6.08. The molecule has 1 aromatic heterocycles. The number of carbonyl (C=O) groups excluding carboxylic acids is 2. The lowest BCUT2D eigenvalue weighted by Gasteiger charge is -2.21. The van der Waals surface area contributed by atoms with E-state index in [2.05, 4.69) is 22.0 Å². The SMILES string of the molecule is Cc1ccc(C(=O)N(CC2CC2)c2nnc(N3CCCC3C)s2)cc1-c1ccc(C(N)=O)cc1. The first-order chi connectivity index (χ1) is 16.4. The zero-order valence-electron chi connectivity index (χ0n) is 19.5. The Morgan fingerprint density at radius 2 is 1.82 bits per heavy atom. The molecule has 176 valence electrons. The van der Waals surface area contributed by atoms with Crippen molar-refractivity contribution in [3.05, 3.63) is 59.2 Å². The van der Waals surface area contributed by atoms with Crippen LogP contribution in [-0.4, -0.2) is 41.1 Å². The lowest BCUT2D eigenvalue weighted by Crippen LogP contribution is -2.33. The predicted molar refractivity (Wildman–Crippen MR) is 135 cm³/mol. The maximum Gasteiger partial charge on any atom is 0.260 e. The normalized spacial score (nSPS) is 17.7. The standard InChI is InChI=1S/C26H29N5O2S/c1-16-5-8-21(14-22(16)19-9-11-20(12-10-19)23(27)32)24(33)31(15-18-6-7-18)26-29-28-25(34-26)30-13-3-4-17(30)2/h5,8-12,14,17-18H,3-4,6-7,13,15H2,1-2H3,(H2,27,32). The van der Waals surface area contributed by atoms with Gasteiger partial charge in [0.1, 0.15) is 0 Å². The van der Waals surface area contributed by atoms with Crippen LogP contribution in [0.4, 0.5) is 10.3 Å². The molecule has 2 heterocycles. The number of primary amides is 1. The molecule has 7 nitrogen and oxygen atoms in total. The first-order valence-electron chi connectivity index (χ1n) is 11.8. The minimum Gasteiger partial charge on any atom is -0.366 e. The summed E-state index contributed by atoms with van der Waals surface area (Å²) in [5.41, 5.74) is 9.40. The van der Waals surface area contributed by atoms with Crippen LogP contribution in [0.2, 0.25) is 0 Å². The van der Waals surface area contributed by atoms with Gasteiger partial charge in [0.25, 0.3) is 5.91 Å². The molecule has 1 unspecified atom stereocenters. The Balaban J connectivity index is 1.44. The van der Waals surface area contributed by atoms with Gasteiger partial charge in [-0.3, -0.25) is 14.5 Å². The average Bonchev–Trinajstić information content (AvgIpc) is 3.35. The molecule has 1 saturated carbocycles. The number of nitrogens with zero attached hydrogens (tertiary/aromatic N) is 4. The molecule has 3 aromatic rings. The summed E-state index contributed by atoms with van der Waals surface area (Å²) >= 11 is 1.51. The first-order valence-corrected chi connectivity index (χ1v) is 12.7. The maximum atomic E-state index is 13.7. The second kappa shape index (κ2) is 9.18. The first kappa shape index (κ1) is 22.5. The van der Waals surface area contributed by atoms with Crippen molar-refractivity contribution in [1.29, 1.82) is 0 Å². The number of nitrogens with two attached hydrogens (primary N) is 1. The number of aryl methyl sites for hydroxylation is 1. The summed E-state index contributed by atoms with van der Waals surface area (Å²) in [7, 11) is 0. The minimum absolute atomic E-state index is 0.0564. The van der Waals surface area contributed by atoms with E-state index in [-0.39, 0.29) is 5.91 Å². The summed E-state index contributed by atoms with van der Waals surface area (Å²) in [4.78, 5) is 29.3. The number of aromatic nitrogens is 2. The van der Waals surface area contributed by atoms with Crippen LogP contribution in [0.25, 0.3) is 11.1 Å². The second-order valence-electron chi connectivity index (χ2n) is 9.38. The molecule has 2 aliphatic rings. The highest BCUT2D eigenvalue weighted by Crippen LogP contribution is 2.36. The van der Waals surface area contributed by atoms with Crippen molar-refractivity contribution in [3.8, 4) is 11.1 Å². The van der Waals surface area contributed by atoms with Crippen molar-refractivity contribution in [2.45, 2.75) is 45.6 Å². The largest absolute Gasteiger partial charge is 0.366 e. The Bertz CT molecular complexity index is 1220. The van der Waals surface area contributed by atoms with Crippen LogP contribution in [0.15, 0.2) is 42.5 Å². The molecular weight excluding hydrogens is 446 g/mol. The summed E-state index contributed by atoms with van der Waals surface area (Å²) < 4.78 is 0. The highest BCUT2D eigenvalue weighted by Gasteiger charge is 2.32. The molecule has 2 amide bonds. The average molecular weight is 476 g/mol. The number of hydrogen-bond acceptors (Lipinski definition) is 6. The van der Waals surface area contributed by atoms with Crippen molar-refractivity contribution < 1.29 is 9.59 Å². The molecule has 2 fully saturated rings. The lowest BCUT2D eigenvalue weighted by atomic mass is 9.96. The molecule has 1 atom stereocenters. The summed E-state index contributed by atoms with van der Waals surface area (Å²) in [6.45, 7) is 5.88. The van der Waals surface area contributed by atoms with Crippen LogP contribution in [0.3, 0.4) is 0 Å². The molecule has 0 bridgehead atoms. The molecular formula is C26H29N5O2S. The molecule has 2 aromatic carbocycles. The van der Waals surface area contributed by atoms with Gasteiger partial charge in [0.2, 0.25) is 16.2 Å². The van der Waals surface area contributed by atoms with Crippen molar-refractivity contribution in [2.75, 3.05) is 22.9 Å². The zero-order valence-corrected chi connectivity index (χ0v) is 20.3. The van der Waals surface area contributed by atoms with Crippen LogP contribution in [0.5, 0.6) is 0 Å². The molecule has 1 aliphatic heterocycles. The lowest BCUT2D eigenvalue weighted by molar-refractivity contribution is 0.0982. The quantitative estimate of drug-likeness (QED) is 0.537. The summed E-state index contributed by atoms with van der Waals surface area (Å²) in [5, 5.41) is 10.4. The van der Waals surface area contributed by atoms with Gasteiger partial charge in [-0.05, 0) is 86.4 Å². The predicted octanol–water partition coefficient (Wildman–Crippen LogP) is 4.66. The van der Waals surface area contributed by atoms with Gasteiger partial charge in [0.15, 0.2) is 0 Å². The highest BCUT2D eigenvalue weighted by atomic mass is 32.1. The fourth-order valence-corrected chi connectivity index (χ4v) is 5.48. The van der Waals surface area contributed by atoms with Crippen molar-refractivity contribution in [1.82, 2.24) is 10.2 Å². The van der Waals surface area contributed by atoms with Crippen LogP contribution in [0.1, 0.15) is 58.9 Å². The van der Waals surface area contributed by atoms with Gasteiger partial charge in [-0.25, -0.2) is 0 Å². The van der Waals surface area contributed by atoms with Gasteiger partial charge in [0.05, 0.1) is 0 Å². The van der Waals surface area contributed by atoms with Gasteiger partial charge in [-0.15, -0.1) is 10.2 Å². The fraction of sp³-hybridized carbons (Fsp3) is 0.385. The monoisotopic (exact) mass is 475 g/mol. The van der Waals surface area contributed by atoms with Gasteiger partial charge < -0.3 is 10.6 Å². The van der Waals surface area contributed by atoms with Crippen molar-refractivity contribution in [3.63, 3.8) is 0 Å². The number of rotatable bonds is 7. The molecule has 2 N–H and O–H groups in total. The van der Waals surface area contributed by atoms with Crippen LogP contribution in [-0.2, 0) is 0 Å². The number of anilines is 2. The van der Waals surface area contributed by atoms with E-state index in [0.717, 1.165) is 54.0 Å². The Morgan fingerprint density at radius 3 is 2.47 bits per heavy atom. The van der Waals surface area contributed by atoms with E-state index in [0.29, 0.717) is 34.8 Å². The topological polar surface area (TPSA) is 92.4 Å². The summed E-state index contributed by atoms with van der Waals surface area (Å²) in [6, 6.07) is 13.4. The third-order valence-corrected chi connectivity index (χ3v) is 7.76. The minimum atomic E-state index is -0.456. The third kappa shape index (κ3) is 4.55. The second-order valence-corrected chi connectivity index (χ2v) is 10.3.